The third-order valence-electron chi connectivity index (χ3n) is 8.19. The highest BCUT2D eigenvalue weighted by molar-refractivity contribution is 5.93. The summed E-state index contributed by atoms with van der Waals surface area (Å²) in [4.78, 5) is 37.4. The summed E-state index contributed by atoms with van der Waals surface area (Å²) >= 11 is 0. The minimum atomic E-state index is -0.415. The molecule has 6 atom stereocenters. The number of aliphatic hydroxyl groups is 1. The Hall–Kier alpha value is -1.29. The van der Waals surface area contributed by atoms with Crippen molar-refractivity contribution >= 4 is 17.3 Å². The maximum Gasteiger partial charge on any atom is 0.161 e. The fourth-order valence-electron chi connectivity index (χ4n) is 7.02. The molecule has 4 aliphatic rings. The molecule has 3 saturated carbocycles. The second-order valence-corrected chi connectivity index (χ2v) is 9.24. The van der Waals surface area contributed by atoms with Crippen LogP contribution in [0.2, 0.25) is 0 Å². The molecule has 3 fully saturated rings. The van der Waals surface area contributed by atoms with Gasteiger partial charge >= 0.3 is 0 Å². The van der Waals surface area contributed by atoms with E-state index in [4.69, 9.17) is 0 Å². The number of aliphatic hydroxyl groups excluding tert-OH is 1. The number of fused-ring (bicyclic) bond motifs is 5. The van der Waals surface area contributed by atoms with Crippen molar-refractivity contribution in [3.8, 4) is 0 Å². The smallest absolute Gasteiger partial charge is 0.161 e. The highest BCUT2D eigenvalue weighted by Crippen LogP contribution is 2.65. The predicted octanol–water partition coefficient (Wildman–Crippen LogP) is 2.87. The van der Waals surface area contributed by atoms with E-state index in [1.807, 2.05) is 6.08 Å². The molecule has 0 aromatic rings. The van der Waals surface area contributed by atoms with Gasteiger partial charge in [-0.05, 0) is 60.8 Å². The predicted molar refractivity (Wildman–Crippen MR) is 92.7 cm³/mol. The Morgan fingerprint density at radius 3 is 2.68 bits per heavy atom. The lowest BCUT2D eigenvalue weighted by molar-refractivity contribution is -0.149. The molecule has 0 saturated heterocycles. The zero-order chi connectivity index (χ0) is 18.0. The van der Waals surface area contributed by atoms with Crippen molar-refractivity contribution in [2.45, 2.75) is 58.8 Å². The van der Waals surface area contributed by atoms with E-state index in [1.54, 1.807) is 0 Å². The SMILES string of the molecule is C[C@]12CC(=O)[C@H]3[C@@H](CCC4=CC(=O)CC[C@@]43C)[C@@H]1CC[C@H]2C(=O)CO. The van der Waals surface area contributed by atoms with Crippen molar-refractivity contribution in [1.82, 2.24) is 0 Å². The molecule has 0 bridgehead atoms. The molecule has 0 radical (unpaired) electrons. The molecule has 25 heavy (non-hydrogen) atoms. The van der Waals surface area contributed by atoms with Gasteiger partial charge in [0.05, 0.1) is 0 Å². The van der Waals surface area contributed by atoms with E-state index in [1.165, 1.54) is 5.57 Å². The summed E-state index contributed by atoms with van der Waals surface area (Å²) in [7, 11) is 0. The van der Waals surface area contributed by atoms with E-state index in [2.05, 4.69) is 13.8 Å². The van der Waals surface area contributed by atoms with Gasteiger partial charge in [-0.3, -0.25) is 14.4 Å². The van der Waals surface area contributed by atoms with Crippen molar-refractivity contribution < 1.29 is 19.5 Å². The van der Waals surface area contributed by atoms with Crippen LogP contribution in [0.3, 0.4) is 0 Å². The first-order valence-corrected chi connectivity index (χ1v) is 9.71. The minimum Gasteiger partial charge on any atom is -0.389 e. The second-order valence-electron chi connectivity index (χ2n) is 9.24. The molecule has 0 heterocycles. The van der Waals surface area contributed by atoms with Crippen LogP contribution < -0.4 is 0 Å². The first kappa shape index (κ1) is 17.1. The number of ketones is 3. The maximum atomic E-state index is 13.3. The van der Waals surface area contributed by atoms with Crippen LogP contribution >= 0.6 is 0 Å². The first-order chi connectivity index (χ1) is 11.8. The number of allylic oxidation sites excluding steroid dienone is 1. The van der Waals surface area contributed by atoms with Crippen LogP contribution in [0.25, 0.3) is 0 Å². The van der Waals surface area contributed by atoms with Crippen LogP contribution in [-0.2, 0) is 14.4 Å². The molecule has 4 aliphatic carbocycles. The monoisotopic (exact) mass is 344 g/mol. The van der Waals surface area contributed by atoms with Crippen LogP contribution in [-0.4, -0.2) is 29.1 Å². The Bertz CT molecular complexity index is 677. The van der Waals surface area contributed by atoms with E-state index in [0.29, 0.717) is 24.7 Å². The summed E-state index contributed by atoms with van der Waals surface area (Å²) in [5, 5.41) is 9.34. The topological polar surface area (TPSA) is 71.4 Å². The summed E-state index contributed by atoms with van der Waals surface area (Å²) in [5.74, 6) is 0.913. The van der Waals surface area contributed by atoms with E-state index < -0.39 is 6.61 Å². The molecule has 0 spiro atoms. The number of Topliss-reactive ketones (excluding diaryl/α,β-unsaturated/α-hetero) is 2. The third kappa shape index (κ3) is 2.26. The average Bonchev–Trinajstić information content (AvgIpc) is 2.91. The summed E-state index contributed by atoms with van der Waals surface area (Å²) in [5.41, 5.74) is 0.719. The van der Waals surface area contributed by atoms with E-state index >= 15 is 0 Å². The standard InChI is InChI=1S/C21H28O4/c1-20-8-7-13(23)9-12(20)3-4-14-15-5-6-16(18(25)11-22)21(15,2)10-17(24)19(14)20/h9,14-16,19,22H,3-8,10-11H2,1-2H3/t14-,15-,16-,19+,20-,21-/m0/s1. The van der Waals surface area contributed by atoms with Crippen LogP contribution in [0.15, 0.2) is 11.6 Å². The number of hydrogen-bond donors (Lipinski definition) is 1. The minimum absolute atomic E-state index is 0.00153. The zero-order valence-electron chi connectivity index (χ0n) is 15.2. The van der Waals surface area contributed by atoms with Crippen LogP contribution in [0.4, 0.5) is 0 Å². The van der Waals surface area contributed by atoms with Crippen molar-refractivity contribution in [2.75, 3.05) is 6.61 Å². The van der Waals surface area contributed by atoms with Gasteiger partial charge in [0.2, 0.25) is 0 Å². The quantitative estimate of drug-likeness (QED) is 0.836. The zero-order valence-corrected chi connectivity index (χ0v) is 15.2. The fraction of sp³-hybridized carbons (Fsp3) is 0.762. The van der Waals surface area contributed by atoms with Gasteiger partial charge in [-0.1, -0.05) is 19.4 Å². The van der Waals surface area contributed by atoms with E-state index in [9.17, 15) is 19.5 Å². The van der Waals surface area contributed by atoms with Gasteiger partial charge in [0.1, 0.15) is 12.4 Å². The second kappa shape index (κ2) is 5.60. The lowest BCUT2D eigenvalue weighted by Gasteiger charge is -2.56. The van der Waals surface area contributed by atoms with Gasteiger partial charge in [-0.2, -0.15) is 0 Å². The molecule has 4 rings (SSSR count). The van der Waals surface area contributed by atoms with Crippen molar-refractivity contribution in [3.05, 3.63) is 11.6 Å². The summed E-state index contributed by atoms with van der Waals surface area (Å²) < 4.78 is 0. The van der Waals surface area contributed by atoms with Crippen molar-refractivity contribution in [1.29, 1.82) is 0 Å². The van der Waals surface area contributed by atoms with Gasteiger partial charge in [-0.15, -0.1) is 0 Å². The molecule has 0 unspecified atom stereocenters. The maximum absolute atomic E-state index is 13.3. The number of hydrogen-bond acceptors (Lipinski definition) is 4. The molecule has 0 aromatic carbocycles. The molecular formula is C21H28O4. The Morgan fingerprint density at radius 1 is 1.20 bits per heavy atom. The Kier molecular flexibility index (Phi) is 3.84. The fourth-order valence-corrected chi connectivity index (χ4v) is 7.02. The molecular weight excluding hydrogens is 316 g/mol. The van der Waals surface area contributed by atoms with Crippen LogP contribution in [0.1, 0.15) is 58.8 Å². The van der Waals surface area contributed by atoms with Crippen molar-refractivity contribution in [2.24, 2.45) is 34.5 Å². The molecule has 1 N–H and O–H groups in total. The lowest BCUT2D eigenvalue weighted by atomic mass is 9.46. The number of carbonyl (C=O) groups is 3. The molecule has 0 amide bonds. The largest absolute Gasteiger partial charge is 0.389 e. The van der Waals surface area contributed by atoms with Gasteiger partial charge in [0.25, 0.3) is 0 Å². The van der Waals surface area contributed by atoms with E-state index in [-0.39, 0.29) is 40.0 Å². The van der Waals surface area contributed by atoms with Gasteiger partial charge < -0.3 is 5.11 Å². The Morgan fingerprint density at radius 2 is 1.96 bits per heavy atom. The number of rotatable bonds is 2. The summed E-state index contributed by atoms with van der Waals surface area (Å²) in [6.45, 7) is 3.88. The first-order valence-electron chi connectivity index (χ1n) is 9.71. The van der Waals surface area contributed by atoms with Gasteiger partial charge in [-0.25, -0.2) is 0 Å². The molecule has 0 aliphatic heterocycles. The number of carbonyl (C=O) groups excluding carboxylic acids is 3. The highest BCUT2D eigenvalue weighted by atomic mass is 16.3. The molecule has 4 heteroatoms. The van der Waals surface area contributed by atoms with Crippen molar-refractivity contribution in [3.63, 3.8) is 0 Å². The Balaban J connectivity index is 1.71. The molecule has 0 aromatic heterocycles. The van der Waals surface area contributed by atoms with Crippen LogP contribution in [0.5, 0.6) is 0 Å². The lowest BCUT2D eigenvalue weighted by Crippen LogP contribution is -2.55. The average molecular weight is 344 g/mol. The third-order valence-corrected chi connectivity index (χ3v) is 8.19. The summed E-state index contributed by atoms with van der Waals surface area (Å²) in [6.07, 6.45) is 7.23. The summed E-state index contributed by atoms with van der Waals surface area (Å²) in [6, 6.07) is 0. The normalized spacial score (nSPS) is 46.1. The van der Waals surface area contributed by atoms with E-state index in [0.717, 1.165) is 32.1 Å². The van der Waals surface area contributed by atoms with Gasteiger partial charge in [0.15, 0.2) is 11.6 Å². The molecule has 136 valence electrons. The highest BCUT2D eigenvalue weighted by Gasteiger charge is 2.62. The molecule has 4 nitrogen and oxygen atoms in total. The Labute approximate surface area is 149 Å². The van der Waals surface area contributed by atoms with Gasteiger partial charge in [0, 0.05) is 24.7 Å². The van der Waals surface area contributed by atoms with Crippen LogP contribution in [0, 0.1) is 34.5 Å².